The summed E-state index contributed by atoms with van der Waals surface area (Å²) in [6.07, 6.45) is 1.17. The third-order valence-electron chi connectivity index (χ3n) is 3.47. The molecule has 1 fully saturated rings. The monoisotopic (exact) mass is 252 g/mol. The van der Waals surface area contributed by atoms with Crippen LogP contribution in [0.25, 0.3) is 0 Å². The predicted octanol–water partition coefficient (Wildman–Crippen LogP) is -0.0387. The zero-order valence-electron chi connectivity index (χ0n) is 11.4. The van der Waals surface area contributed by atoms with E-state index in [4.69, 9.17) is 0 Å². The fraction of sp³-hybridized carbons (Fsp3) is 0.750. The van der Waals surface area contributed by atoms with Gasteiger partial charge in [0, 0.05) is 27.2 Å². The smallest absolute Gasteiger partial charge is 0.346 e. The summed E-state index contributed by atoms with van der Waals surface area (Å²) in [6.45, 7) is 6.00. The van der Waals surface area contributed by atoms with Crippen LogP contribution in [0, 0.1) is 11.8 Å². The van der Waals surface area contributed by atoms with Crippen LogP contribution in [0.15, 0.2) is 9.59 Å². The quantitative estimate of drug-likeness (QED) is 0.704. The molecular weight excluding hydrogens is 232 g/mol. The fourth-order valence-corrected chi connectivity index (χ4v) is 2.72. The summed E-state index contributed by atoms with van der Waals surface area (Å²) in [5.41, 5.74) is -0.693. The number of anilines is 1. The Hall–Kier alpha value is -1.59. The second kappa shape index (κ2) is 4.59. The highest BCUT2D eigenvalue weighted by Gasteiger charge is 2.25. The Morgan fingerprint density at radius 2 is 1.67 bits per heavy atom. The van der Waals surface area contributed by atoms with Gasteiger partial charge in [-0.3, -0.25) is 9.36 Å². The fourth-order valence-electron chi connectivity index (χ4n) is 2.72. The number of hydrogen-bond donors (Lipinski definition) is 0. The summed E-state index contributed by atoms with van der Waals surface area (Å²) < 4.78 is 2.34. The van der Waals surface area contributed by atoms with Gasteiger partial charge >= 0.3 is 5.69 Å². The Bertz CT molecular complexity index is 550. The summed E-state index contributed by atoms with van der Waals surface area (Å²) in [4.78, 5) is 25.7. The molecule has 0 amide bonds. The second-order valence-electron chi connectivity index (χ2n) is 5.44. The van der Waals surface area contributed by atoms with Gasteiger partial charge in [-0.05, 0) is 18.3 Å². The molecule has 18 heavy (non-hydrogen) atoms. The van der Waals surface area contributed by atoms with Crippen LogP contribution < -0.4 is 16.1 Å². The van der Waals surface area contributed by atoms with Crippen LogP contribution in [0.4, 0.5) is 5.82 Å². The van der Waals surface area contributed by atoms with E-state index in [9.17, 15) is 9.59 Å². The topological polar surface area (TPSA) is 60.1 Å². The lowest BCUT2D eigenvalue weighted by atomic mass is 9.92. The lowest BCUT2D eigenvalue weighted by molar-refractivity contribution is 0.352. The van der Waals surface area contributed by atoms with Crippen molar-refractivity contribution >= 4 is 5.82 Å². The van der Waals surface area contributed by atoms with Gasteiger partial charge in [0.1, 0.15) is 0 Å². The summed E-state index contributed by atoms with van der Waals surface area (Å²) >= 11 is 0. The molecule has 0 aliphatic carbocycles. The molecule has 2 heterocycles. The van der Waals surface area contributed by atoms with Crippen molar-refractivity contribution < 1.29 is 0 Å². The minimum atomic E-state index is -0.387. The number of piperidine rings is 1. The van der Waals surface area contributed by atoms with Gasteiger partial charge in [-0.25, -0.2) is 9.48 Å². The zero-order chi connectivity index (χ0) is 13.4. The average Bonchev–Trinajstić information content (AvgIpc) is 2.30. The normalized spacial score (nSPS) is 24.3. The minimum absolute atomic E-state index is 0.306. The molecule has 0 N–H and O–H groups in total. The van der Waals surface area contributed by atoms with E-state index >= 15 is 0 Å². The average molecular weight is 252 g/mol. The first-order chi connectivity index (χ1) is 8.40. The summed E-state index contributed by atoms with van der Waals surface area (Å²) in [5.74, 6) is 1.47. The molecule has 0 unspecified atom stereocenters. The van der Waals surface area contributed by atoms with E-state index in [1.165, 1.54) is 18.2 Å². The number of nitrogens with zero attached hydrogens (tertiary/aromatic N) is 4. The van der Waals surface area contributed by atoms with Gasteiger partial charge in [0.25, 0.3) is 5.56 Å². The maximum absolute atomic E-state index is 12.1. The van der Waals surface area contributed by atoms with Crippen molar-refractivity contribution in [2.45, 2.75) is 20.3 Å². The molecule has 0 bridgehead atoms. The highest BCUT2D eigenvalue weighted by atomic mass is 16.2. The van der Waals surface area contributed by atoms with Gasteiger partial charge in [0.05, 0.1) is 0 Å². The molecule has 100 valence electrons. The van der Waals surface area contributed by atoms with Crippen molar-refractivity contribution in [1.29, 1.82) is 0 Å². The first kappa shape index (κ1) is 12.9. The van der Waals surface area contributed by atoms with E-state index in [1.807, 2.05) is 4.90 Å². The first-order valence-corrected chi connectivity index (χ1v) is 6.29. The Kier molecular flexibility index (Phi) is 3.28. The highest BCUT2D eigenvalue weighted by molar-refractivity contribution is 5.35. The van der Waals surface area contributed by atoms with Crippen LogP contribution in [-0.2, 0) is 14.1 Å². The Labute approximate surface area is 106 Å². The van der Waals surface area contributed by atoms with Gasteiger partial charge in [0.15, 0.2) is 0 Å². The van der Waals surface area contributed by atoms with Gasteiger partial charge in [-0.15, -0.1) is 5.10 Å². The largest absolute Gasteiger partial charge is 0.350 e. The van der Waals surface area contributed by atoms with Crippen LogP contribution in [0.2, 0.25) is 0 Å². The molecular formula is C12H20N4O2. The molecule has 0 aromatic carbocycles. The molecule has 6 heteroatoms. The molecule has 1 saturated heterocycles. The standard InChI is InChI=1S/C12H20N4O2/c1-8-5-9(2)7-16(6-8)10-11(17)14(3)12(18)15(4)13-10/h8-9H,5-7H2,1-4H3/t8-,9+. The van der Waals surface area contributed by atoms with Crippen molar-refractivity contribution in [3.05, 3.63) is 20.8 Å². The lowest BCUT2D eigenvalue weighted by Gasteiger charge is -2.35. The molecule has 2 rings (SSSR count). The highest BCUT2D eigenvalue weighted by Crippen LogP contribution is 2.22. The van der Waals surface area contributed by atoms with Crippen LogP contribution in [0.1, 0.15) is 20.3 Å². The molecule has 0 saturated carbocycles. The van der Waals surface area contributed by atoms with E-state index < -0.39 is 0 Å². The number of aryl methyl sites for hydroxylation is 1. The molecule has 1 aromatic heterocycles. The van der Waals surface area contributed by atoms with Crippen LogP contribution in [0.5, 0.6) is 0 Å². The van der Waals surface area contributed by atoms with Crippen molar-refractivity contribution in [1.82, 2.24) is 14.3 Å². The maximum atomic E-state index is 12.1. The minimum Gasteiger partial charge on any atom is -0.350 e. The Balaban J connectivity index is 2.45. The third kappa shape index (κ3) is 2.19. The third-order valence-corrected chi connectivity index (χ3v) is 3.47. The van der Waals surface area contributed by atoms with Gasteiger partial charge in [-0.1, -0.05) is 13.8 Å². The van der Waals surface area contributed by atoms with Crippen molar-refractivity contribution in [3.8, 4) is 0 Å². The number of hydrogen-bond acceptors (Lipinski definition) is 4. The van der Waals surface area contributed by atoms with Gasteiger partial charge in [-0.2, -0.15) is 0 Å². The van der Waals surface area contributed by atoms with E-state index in [0.29, 0.717) is 17.7 Å². The van der Waals surface area contributed by atoms with Gasteiger partial charge < -0.3 is 4.90 Å². The SMILES string of the molecule is C[C@@H]1C[C@H](C)CN(c2nn(C)c(=O)n(C)c2=O)C1. The van der Waals surface area contributed by atoms with Crippen molar-refractivity contribution in [3.63, 3.8) is 0 Å². The molecule has 6 nitrogen and oxygen atoms in total. The molecule has 2 atom stereocenters. The van der Waals surface area contributed by atoms with E-state index in [-0.39, 0.29) is 11.2 Å². The van der Waals surface area contributed by atoms with Crippen molar-refractivity contribution in [2.75, 3.05) is 18.0 Å². The van der Waals surface area contributed by atoms with Crippen LogP contribution in [0.3, 0.4) is 0 Å². The van der Waals surface area contributed by atoms with Gasteiger partial charge in [0.2, 0.25) is 5.82 Å². The van der Waals surface area contributed by atoms with Crippen LogP contribution >= 0.6 is 0 Å². The zero-order valence-corrected chi connectivity index (χ0v) is 11.4. The van der Waals surface area contributed by atoms with E-state index in [2.05, 4.69) is 18.9 Å². The second-order valence-corrected chi connectivity index (χ2v) is 5.44. The maximum Gasteiger partial charge on any atom is 0.346 e. The summed E-state index contributed by atoms with van der Waals surface area (Å²) in [6, 6.07) is 0. The van der Waals surface area contributed by atoms with E-state index in [1.54, 1.807) is 7.05 Å². The molecule has 0 spiro atoms. The van der Waals surface area contributed by atoms with Crippen molar-refractivity contribution in [2.24, 2.45) is 25.9 Å². The lowest BCUT2D eigenvalue weighted by Crippen LogP contribution is -2.47. The molecule has 1 aliphatic rings. The Morgan fingerprint density at radius 3 is 2.22 bits per heavy atom. The molecule has 1 aliphatic heterocycles. The predicted molar refractivity (Wildman–Crippen MR) is 69.9 cm³/mol. The van der Waals surface area contributed by atoms with E-state index in [0.717, 1.165) is 17.7 Å². The number of aromatic nitrogens is 3. The molecule has 0 radical (unpaired) electrons. The first-order valence-electron chi connectivity index (χ1n) is 6.29. The number of rotatable bonds is 1. The summed E-state index contributed by atoms with van der Waals surface area (Å²) in [5, 5.41) is 4.12. The summed E-state index contributed by atoms with van der Waals surface area (Å²) in [7, 11) is 3.06. The van der Waals surface area contributed by atoms with Crippen LogP contribution in [-0.4, -0.2) is 27.4 Å². The Morgan fingerprint density at radius 1 is 1.11 bits per heavy atom. The molecule has 1 aromatic rings.